The van der Waals surface area contributed by atoms with Gasteiger partial charge >= 0.3 is 0 Å². The number of thiophene rings is 1. The third-order valence-corrected chi connectivity index (χ3v) is 3.47. The SMILES string of the molecule is CC(Cc1cccs1)NC(=O)c1ccc(F)cc1. The number of hydrogen-bond donors (Lipinski definition) is 1. The summed E-state index contributed by atoms with van der Waals surface area (Å²) in [5.74, 6) is -0.503. The van der Waals surface area contributed by atoms with E-state index in [1.165, 1.54) is 29.1 Å². The molecule has 94 valence electrons. The normalized spacial score (nSPS) is 12.1. The van der Waals surface area contributed by atoms with Crippen LogP contribution in [0.15, 0.2) is 41.8 Å². The van der Waals surface area contributed by atoms with E-state index in [2.05, 4.69) is 5.32 Å². The second-order valence-electron chi connectivity index (χ2n) is 4.16. The summed E-state index contributed by atoms with van der Waals surface area (Å²) in [6.45, 7) is 1.96. The Hall–Kier alpha value is -1.68. The molecule has 4 heteroatoms. The number of rotatable bonds is 4. The van der Waals surface area contributed by atoms with E-state index in [-0.39, 0.29) is 17.8 Å². The van der Waals surface area contributed by atoms with E-state index in [0.29, 0.717) is 5.56 Å². The van der Waals surface area contributed by atoms with Crippen LogP contribution in [0.5, 0.6) is 0 Å². The lowest BCUT2D eigenvalue weighted by atomic mass is 10.1. The molecule has 2 rings (SSSR count). The molecule has 1 amide bonds. The summed E-state index contributed by atoms with van der Waals surface area (Å²) in [5, 5.41) is 4.92. The van der Waals surface area contributed by atoms with E-state index in [9.17, 15) is 9.18 Å². The summed E-state index contributed by atoms with van der Waals surface area (Å²) in [5.41, 5.74) is 0.481. The minimum Gasteiger partial charge on any atom is -0.349 e. The summed E-state index contributed by atoms with van der Waals surface area (Å²) in [6.07, 6.45) is 0.810. The Morgan fingerprint density at radius 3 is 2.67 bits per heavy atom. The average molecular weight is 263 g/mol. The topological polar surface area (TPSA) is 29.1 Å². The number of benzene rings is 1. The predicted molar refractivity (Wildman–Crippen MR) is 71.4 cm³/mol. The molecule has 1 heterocycles. The fourth-order valence-corrected chi connectivity index (χ4v) is 2.53. The van der Waals surface area contributed by atoms with Crippen molar-refractivity contribution in [2.75, 3.05) is 0 Å². The molecule has 0 saturated heterocycles. The highest BCUT2D eigenvalue weighted by Gasteiger charge is 2.10. The largest absolute Gasteiger partial charge is 0.349 e. The molecule has 0 aliphatic carbocycles. The second kappa shape index (κ2) is 5.78. The summed E-state index contributed by atoms with van der Waals surface area (Å²) in [7, 11) is 0. The van der Waals surface area contributed by atoms with Crippen LogP contribution in [0, 0.1) is 5.82 Å². The molecule has 0 saturated carbocycles. The highest BCUT2D eigenvalue weighted by molar-refractivity contribution is 7.09. The number of nitrogens with one attached hydrogen (secondary N) is 1. The zero-order chi connectivity index (χ0) is 13.0. The maximum atomic E-state index is 12.7. The molecule has 1 atom stereocenters. The minimum atomic E-state index is -0.335. The first-order valence-electron chi connectivity index (χ1n) is 5.74. The molecule has 0 aliphatic rings. The van der Waals surface area contributed by atoms with Gasteiger partial charge in [-0.25, -0.2) is 4.39 Å². The van der Waals surface area contributed by atoms with Crippen LogP contribution in [0.3, 0.4) is 0 Å². The van der Waals surface area contributed by atoms with Crippen molar-refractivity contribution in [2.24, 2.45) is 0 Å². The van der Waals surface area contributed by atoms with Gasteiger partial charge in [-0.15, -0.1) is 11.3 Å². The van der Waals surface area contributed by atoms with Crippen LogP contribution in [-0.4, -0.2) is 11.9 Å². The molecule has 0 spiro atoms. The summed E-state index contributed by atoms with van der Waals surface area (Å²) in [6, 6.07) is 9.66. The summed E-state index contributed by atoms with van der Waals surface area (Å²) >= 11 is 1.68. The zero-order valence-electron chi connectivity index (χ0n) is 10.0. The van der Waals surface area contributed by atoms with E-state index in [4.69, 9.17) is 0 Å². The van der Waals surface area contributed by atoms with Crippen molar-refractivity contribution in [1.29, 1.82) is 0 Å². The van der Waals surface area contributed by atoms with Gasteiger partial charge in [0.1, 0.15) is 5.82 Å². The van der Waals surface area contributed by atoms with Crippen LogP contribution < -0.4 is 5.32 Å². The van der Waals surface area contributed by atoms with Crippen LogP contribution in [0.25, 0.3) is 0 Å². The van der Waals surface area contributed by atoms with Gasteiger partial charge in [-0.3, -0.25) is 4.79 Å². The van der Waals surface area contributed by atoms with E-state index < -0.39 is 0 Å². The molecule has 18 heavy (non-hydrogen) atoms. The first-order chi connectivity index (χ1) is 8.65. The Labute approximate surface area is 109 Å². The van der Waals surface area contributed by atoms with Gasteiger partial charge in [0.25, 0.3) is 5.91 Å². The average Bonchev–Trinajstić information content (AvgIpc) is 2.82. The summed E-state index contributed by atoms with van der Waals surface area (Å²) in [4.78, 5) is 13.1. The van der Waals surface area contributed by atoms with Gasteiger partial charge in [0.2, 0.25) is 0 Å². The van der Waals surface area contributed by atoms with E-state index in [1.54, 1.807) is 11.3 Å². The lowest BCUT2D eigenvalue weighted by Gasteiger charge is -2.12. The third-order valence-electron chi connectivity index (χ3n) is 2.57. The van der Waals surface area contributed by atoms with E-state index in [1.807, 2.05) is 24.4 Å². The molecule has 0 fully saturated rings. The quantitative estimate of drug-likeness (QED) is 0.901. The first-order valence-corrected chi connectivity index (χ1v) is 6.62. The minimum absolute atomic E-state index is 0.0567. The van der Waals surface area contributed by atoms with E-state index in [0.717, 1.165) is 6.42 Å². The van der Waals surface area contributed by atoms with Gasteiger partial charge in [0.05, 0.1) is 0 Å². The molecule has 2 aromatic rings. The molecule has 0 aliphatic heterocycles. The van der Waals surface area contributed by atoms with Crippen molar-refractivity contribution in [3.63, 3.8) is 0 Å². The highest BCUT2D eigenvalue weighted by Crippen LogP contribution is 2.11. The maximum Gasteiger partial charge on any atom is 0.251 e. The predicted octanol–water partition coefficient (Wildman–Crippen LogP) is 3.25. The van der Waals surface area contributed by atoms with Crippen molar-refractivity contribution in [3.05, 3.63) is 58.0 Å². The molecule has 1 aromatic heterocycles. The Morgan fingerprint density at radius 2 is 2.06 bits per heavy atom. The van der Waals surface area contributed by atoms with Crippen molar-refractivity contribution in [2.45, 2.75) is 19.4 Å². The summed E-state index contributed by atoms with van der Waals surface area (Å²) < 4.78 is 12.7. The molecule has 1 aromatic carbocycles. The van der Waals surface area contributed by atoms with Crippen molar-refractivity contribution in [1.82, 2.24) is 5.32 Å². The van der Waals surface area contributed by atoms with Crippen LogP contribution in [0.4, 0.5) is 4.39 Å². The molecule has 1 N–H and O–H groups in total. The number of carbonyl (C=O) groups excluding carboxylic acids is 1. The molecular weight excluding hydrogens is 249 g/mol. The molecule has 2 nitrogen and oxygen atoms in total. The number of carbonyl (C=O) groups is 1. The lowest BCUT2D eigenvalue weighted by Crippen LogP contribution is -2.33. The van der Waals surface area contributed by atoms with Crippen LogP contribution >= 0.6 is 11.3 Å². The van der Waals surface area contributed by atoms with Crippen molar-refractivity contribution < 1.29 is 9.18 Å². The van der Waals surface area contributed by atoms with Crippen LogP contribution in [0.2, 0.25) is 0 Å². The van der Waals surface area contributed by atoms with Gasteiger partial charge in [-0.05, 0) is 42.6 Å². The van der Waals surface area contributed by atoms with Crippen molar-refractivity contribution >= 4 is 17.2 Å². The Balaban J connectivity index is 1.92. The first kappa shape index (κ1) is 12.8. The molecular formula is C14H14FNOS. The van der Waals surface area contributed by atoms with Gasteiger partial charge in [0.15, 0.2) is 0 Å². The van der Waals surface area contributed by atoms with Gasteiger partial charge in [-0.2, -0.15) is 0 Å². The highest BCUT2D eigenvalue weighted by atomic mass is 32.1. The van der Waals surface area contributed by atoms with Gasteiger partial charge in [-0.1, -0.05) is 6.07 Å². The Kier molecular flexibility index (Phi) is 4.10. The molecule has 0 bridgehead atoms. The Morgan fingerprint density at radius 1 is 1.33 bits per heavy atom. The Bertz CT molecular complexity index is 507. The standard InChI is InChI=1S/C14H14FNOS/c1-10(9-13-3-2-8-18-13)16-14(17)11-4-6-12(15)7-5-11/h2-8,10H,9H2,1H3,(H,16,17). The smallest absolute Gasteiger partial charge is 0.251 e. The zero-order valence-corrected chi connectivity index (χ0v) is 10.8. The fourth-order valence-electron chi connectivity index (χ4n) is 1.69. The molecule has 1 unspecified atom stereocenters. The van der Waals surface area contributed by atoms with Gasteiger partial charge < -0.3 is 5.32 Å². The third kappa shape index (κ3) is 3.40. The van der Waals surface area contributed by atoms with Crippen molar-refractivity contribution in [3.8, 4) is 0 Å². The maximum absolute atomic E-state index is 12.7. The monoisotopic (exact) mass is 263 g/mol. The number of amides is 1. The lowest BCUT2D eigenvalue weighted by molar-refractivity contribution is 0.0940. The van der Waals surface area contributed by atoms with Crippen LogP contribution in [-0.2, 0) is 6.42 Å². The van der Waals surface area contributed by atoms with Crippen LogP contribution in [0.1, 0.15) is 22.2 Å². The number of halogens is 1. The van der Waals surface area contributed by atoms with Gasteiger partial charge in [0, 0.05) is 22.9 Å². The molecule has 0 radical (unpaired) electrons. The number of hydrogen-bond acceptors (Lipinski definition) is 2. The fraction of sp³-hybridized carbons (Fsp3) is 0.214. The van der Waals surface area contributed by atoms with E-state index >= 15 is 0 Å². The second-order valence-corrected chi connectivity index (χ2v) is 5.20.